The summed E-state index contributed by atoms with van der Waals surface area (Å²) in [6.45, 7) is 0. The maximum absolute atomic E-state index is 5.72. The molecule has 3 aliphatic carbocycles. The van der Waals surface area contributed by atoms with Gasteiger partial charge in [0.25, 0.3) is 0 Å². The van der Waals surface area contributed by atoms with Crippen LogP contribution in [0.3, 0.4) is 0 Å². The fourth-order valence-corrected chi connectivity index (χ4v) is 4.19. The van der Waals surface area contributed by atoms with Crippen molar-refractivity contribution in [3.63, 3.8) is 0 Å². The van der Waals surface area contributed by atoms with Crippen molar-refractivity contribution < 1.29 is 18.9 Å². The minimum absolute atomic E-state index is 0.150. The first-order chi connectivity index (χ1) is 8.69. The van der Waals surface area contributed by atoms with E-state index >= 15 is 0 Å². The highest BCUT2D eigenvalue weighted by Gasteiger charge is 2.69. The number of hydrogen-bond donors (Lipinski definition) is 0. The lowest BCUT2D eigenvalue weighted by Gasteiger charge is -2.37. The van der Waals surface area contributed by atoms with Crippen molar-refractivity contribution in [2.75, 3.05) is 28.4 Å². The van der Waals surface area contributed by atoms with E-state index in [9.17, 15) is 0 Å². The highest BCUT2D eigenvalue weighted by atomic mass is 16.7. The normalized spacial score (nSPS) is 41.6. The van der Waals surface area contributed by atoms with Crippen LogP contribution in [0.1, 0.15) is 0 Å². The van der Waals surface area contributed by atoms with E-state index in [2.05, 4.69) is 18.2 Å². The molecule has 0 aromatic carbocycles. The summed E-state index contributed by atoms with van der Waals surface area (Å²) in [5.74, 6) is -0.287. The summed E-state index contributed by atoms with van der Waals surface area (Å²) in [4.78, 5) is 0. The van der Waals surface area contributed by atoms with Gasteiger partial charge in [-0.15, -0.1) is 0 Å². The van der Waals surface area contributed by atoms with Crippen molar-refractivity contribution in [2.24, 2.45) is 23.7 Å². The molecule has 3 rings (SSSR count). The minimum Gasteiger partial charge on any atom is -0.352 e. The van der Waals surface area contributed by atoms with Crippen LogP contribution in [0.5, 0.6) is 0 Å². The lowest BCUT2D eigenvalue weighted by Crippen LogP contribution is -2.46. The van der Waals surface area contributed by atoms with Crippen molar-refractivity contribution in [3.8, 4) is 0 Å². The van der Waals surface area contributed by atoms with Gasteiger partial charge in [-0.3, -0.25) is 0 Å². The third kappa shape index (κ3) is 1.15. The van der Waals surface area contributed by atoms with Crippen LogP contribution >= 0.6 is 0 Å². The Kier molecular flexibility index (Phi) is 2.68. The van der Waals surface area contributed by atoms with Crippen molar-refractivity contribution >= 4 is 0 Å². The molecule has 0 aromatic heterocycles. The molecule has 0 heterocycles. The van der Waals surface area contributed by atoms with Gasteiger partial charge in [0.05, 0.1) is 0 Å². The second-order valence-electron chi connectivity index (χ2n) is 5.16. The van der Waals surface area contributed by atoms with Crippen LogP contribution in [0.15, 0.2) is 24.3 Å². The number of allylic oxidation sites excluding steroid dienone is 1. The molecular formula is C14H20O4. The first-order valence-corrected chi connectivity index (χ1v) is 6.27. The largest absolute Gasteiger partial charge is 0.352 e. The topological polar surface area (TPSA) is 36.9 Å². The fraction of sp³-hybridized carbons (Fsp3) is 0.714. The Morgan fingerprint density at radius 2 is 1.39 bits per heavy atom. The second-order valence-corrected chi connectivity index (χ2v) is 5.16. The van der Waals surface area contributed by atoms with Gasteiger partial charge in [-0.25, -0.2) is 0 Å². The predicted octanol–water partition coefficient (Wildman–Crippen LogP) is 1.58. The molecule has 100 valence electrons. The zero-order valence-electron chi connectivity index (χ0n) is 11.3. The molecule has 0 amide bonds. The van der Waals surface area contributed by atoms with E-state index in [1.807, 2.05) is 6.08 Å². The van der Waals surface area contributed by atoms with Crippen LogP contribution in [-0.4, -0.2) is 40.0 Å². The molecule has 18 heavy (non-hydrogen) atoms. The third-order valence-corrected chi connectivity index (χ3v) is 4.96. The van der Waals surface area contributed by atoms with E-state index in [1.54, 1.807) is 28.4 Å². The van der Waals surface area contributed by atoms with Gasteiger partial charge in [0.15, 0.2) is 11.6 Å². The average Bonchev–Trinajstić information content (AvgIpc) is 3.05. The number of hydrogen-bond acceptors (Lipinski definition) is 4. The summed E-state index contributed by atoms with van der Waals surface area (Å²) >= 11 is 0. The van der Waals surface area contributed by atoms with Gasteiger partial charge < -0.3 is 18.9 Å². The van der Waals surface area contributed by atoms with E-state index < -0.39 is 11.6 Å². The first-order valence-electron chi connectivity index (χ1n) is 6.27. The van der Waals surface area contributed by atoms with Crippen LogP contribution in [0.2, 0.25) is 0 Å². The Hall–Kier alpha value is -0.680. The Morgan fingerprint density at radius 1 is 0.778 bits per heavy atom. The first kappa shape index (κ1) is 12.4. The Labute approximate surface area is 108 Å². The summed E-state index contributed by atoms with van der Waals surface area (Å²) < 4.78 is 22.7. The second kappa shape index (κ2) is 3.90. The Balaban J connectivity index is 2.04. The van der Waals surface area contributed by atoms with E-state index in [0.29, 0.717) is 5.92 Å². The standard InChI is InChI=1S/C14H20O4/c1-15-13(16-2)8-7-9-10-5-6-11(12(9)13)14(10,17-3)18-4/h5-12H,1-4H3/t9-,10+,11+,12-/m1/s1. The molecule has 0 aromatic rings. The average molecular weight is 252 g/mol. The molecular weight excluding hydrogens is 232 g/mol. The van der Waals surface area contributed by atoms with Gasteiger partial charge >= 0.3 is 0 Å². The van der Waals surface area contributed by atoms with Crippen LogP contribution < -0.4 is 0 Å². The van der Waals surface area contributed by atoms with Gasteiger partial charge in [0.1, 0.15) is 0 Å². The molecule has 0 spiro atoms. The SMILES string of the molecule is COC1(OC)C=C[C@H]2[C@@H]1[C@@H]1C=C[C@@H]2C1(OC)OC. The van der Waals surface area contributed by atoms with E-state index in [4.69, 9.17) is 18.9 Å². The zero-order valence-corrected chi connectivity index (χ0v) is 11.3. The number of fused-ring (bicyclic) bond motifs is 5. The maximum Gasteiger partial charge on any atom is 0.191 e. The molecule has 2 bridgehead atoms. The van der Waals surface area contributed by atoms with Crippen molar-refractivity contribution in [3.05, 3.63) is 24.3 Å². The molecule has 0 unspecified atom stereocenters. The molecule has 1 saturated carbocycles. The molecule has 1 fully saturated rings. The number of ether oxygens (including phenoxy) is 4. The van der Waals surface area contributed by atoms with Gasteiger partial charge in [0, 0.05) is 46.2 Å². The van der Waals surface area contributed by atoms with Gasteiger partial charge in [-0.05, 0) is 12.0 Å². The summed E-state index contributed by atoms with van der Waals surface area (Å²) in [7, 11) is 6.80. The summed E-state index contributed by atoms with van der Waals surface area (Å²) in [5.41, 5.74) is 0. The van der Waals surface area contributed by atoms with Gasteiger partial charge in [-0.1, -0.05) is 18.2 Å². The number of rotatable bonds is 4. The number of methoxy groups -OCH3 is 4. The maximum atomic E-state index is 5.72. The minimum atomic E-state index is -0.656. The van der Waals surface area contributed by atoms with Gasteiger partial charge in [-0.2, -0.15) is 0 Å². The highest BCUT2D eigenvalue weighted by molar-refractivity contribution is 5.33. The molecule has 4 heteroatoms. The predicted molar refractivity (Wildman–Crippen MR) is 65.7 cm³/mol. The molecule has 0 aliphatic heterocycles. The van der Waals surface area contributed by atoms with Crippen LogP contribution in [0.25, 0.3) is 0 Å². The summed E-state index contributed by atoms with van der Waals surface area (Å²) in [6.07, 6.45) is 8.59. The van der Waals surface area contributed by atoms with Crippen LogP contribution in [0, 0.1) is 23.7 Å². The summed E-state index contributed by atoms with van der Waals surface area (Å²) in [6, 6.07) is 0. The van der Waals surface area contributed by atoms with Crippen molar-refractivity contribution in [1.29, 1.82) is 0 Å². The highest BCUT2D eigenvalue weighted by Crippen LogP contribution is 2.63. The van der Waals surface area contributed by atoms with Crippen molar-refractivity contribution in [1.82, 2.24) is 0 Å². The molecule has 0 saturated heterocycles. The van der Waals surface area contributed by atoms with E-state index in [1.165, 1.54) is 0 Å². The lowest BCUT2D eigenvalue weighted by atomic mass is 9.82. The molecule has 4 atom stereocenters. The van der Waals surface area contributed by atoms with Gasteiger partial charge in [0.2, 0.25) is 0 Å². The molecule has 4 nitrogen and oxygen atoms in total. The molecule has 3 aliphatic rings. The third-order valence-electron chi connectivity index (χ3n) is 4.96. The van der Waals surface area contributed by atoms with E-state index in [-0.39, 0.29) is 17.8 Å². The smallest absolute Gasteiger partial charge is 0.191 e. The quantitative estimate of drug-likeness (QED) is 0.562. The van der Waals surface area contributed by atoms with Crippen molar-refractivity contribution in [2.45, 2.75) is 11.6 Å². The zero-order chi connectivity index (χ0) is 13.0. The summed E-state index contributed by atoms with van der Waals surface area (Å²) in [5, 5.41) is 0. The monoisotopic (exact) mass is 252 g/mol. The van der Waals surface area contributed by atoms with Crippen LogP contribution in [-0.2, 0) is 18.9 Å². The van der Waals surface area contributed by atoms with Crippen LogP contribution in [0.4, 0.5) is 0 Å². The van der Waals surface area contributed by atoms with E-state index in [0.717, 1.165) is 0 Å². The Bertz CT molecular complexity index is 393. The molecule has 0 N–H and O–H groups in total. The fourth-order valence-electron chi connectivity index (χ4n) is 4.19. The molecule has 0 radical (unpaired) electrons. The Morgan fingerprint density at radius 3 is 1.94 bits per heavy atom. The lowest BCUT2D eigenvalue weighted by molar-refractivity contribution is -0.253.